The number of rotatable bonds is 11. The lowest BCUT2D eigenvalue weighted by Crippen LogP contribution is -2.40. The molecule has 1 atom stereocenters. The number of amides is 1. The second-order valence-electron chi connectivity index (χ2n) is 8.36. The Labute approximate surface area is 178 Å². The van der Waals surface area contributed by atoms with Crippen LogP contribution >= 0.6 is 0 Å². The van der Waals surface area contributed by atoms with Crippen molar-refractivity contribution < 1.29 is 9.59 Å². The van der Waals surface area contributed by atoms with Gasteiger partial charge in [-0.1, -0.05) is 44.7 Å². The number of aromatic nitrogens is 2. The van der Waals surface area contributed by atoms with Crippen LogP contribution < -0.4 is 11.0 Å². The highest BCUT2D eigenvalue weighted by Gasteiger charge is 2.29. The number of unbranched alkanes of at least 4 members (excludes halogenated alkanes) is 7. The van der Waals surface area contributed by atoms with Gasteiger partial charge in [0.05, 0.1) is 11.0 Å². The Bertz CT molecular complexity index is 970. The number of benzene rings is 1. The molecule has 2 heterocycles. The summed E-state index contributed by atoms with van der Waals surface area (Å²) in [5.41, 5.74) is 3.49. The van der Waals surface area contributed by atoms with Crippen molar-refractivity contribution in [2.45, 2.75) is 76.7 Å². The first-order chi connectivity index (χ1) is 14.5. The highest BCUT2D eigenvalue weighted by molar-refractivity contribution is 5.86. The van der Waals surface area contributed by atoms with Crippen molar-refractivity contribution in [1.82, 2.24) is 14.5 Å². The van der Waals surface area contributed by atoms with Gasteiger partial charge in [0.15, 0.2) is 0 Å². The molecule has 30 heavy (non-hydrogen) atoms. The third-order valence-electron chi connectivity index (χ3n) is 6.08. The molecule has 1 aromatic carbocycles. The van der Waals surface area contributed by atoms with Gasteiger partial charge in [-0.15, -0.1) is 0 Å². The van der Waals surface area contributed by atoms with E-state index in [1.807, 2.05) is 6.07 Å². The van der Waals surface area contributed by atoms with Gasteiger partial charge in [0, 0.05) is 19.2 Å². The van der Waals surface area contributed by atoms with E-state index >= 15 is 0 Å². The molecule has 1 aliphatic rings. The van der Waals surface area contributed by atoms with Crippen LogP contribution in [0.1, 0.15) is 75.8 Å². The van der Waals surface area contributed by atoms with Crippen LogP contribution in [0.5, 0.6) is 0 Å². The smallest absolute Gasteiger partial charge is 0.329 e. The minimum Gasteiger partial charge on any atom is -0.329 e. The second kappa shape index (κ2) is 10.4. The van der Waals surface area contributed by atoms with E-state index in [2.05, 4.69) is 24.0 Å². The second-order valence-corrected chi connectivity index (χ2v) is 8.36. The van der Waals surface area contributed by atoms with E-state index in [9.17, 15) is 14.4 Å². The number of nitrogens with zero attached hydrogens (tertiary/aromatic N) is 2. The third kappa shape index (κ3) is 5.10. The van der Waals surface area contributed by atoms with Gasteiger partial charge in [-0.25, -0.2) is 4.79 Å². The predicted octanol–water partition coefficient (Wildman–Crippen LogP) is 4.17. The molecule has 1 aromatic heterocycles. The zero-order chi connectivity index (χ0) is 21.5. The maximum Gasteiger partial charge on any atom is 0.329 e. The quantitative estimate of drug-likeness (QED) is 0.446. The molecule has 3 rings (SSSR count). The molecule has 162 valence electrons. The Morgan fingerprint density at radius 2 is 1.77 bits per heavy atom. The molecule has 0 bridgehead atoms. The van der Waals surface area contributed by atoms with Crippen LogP contribution in [0, 0.1) is 0 Å². The maximum absolute atomic E-state index is 12.9. The largest absolute Gasteiger partial charge is 0.329 e. The monoisotopic (exact) mass is 411 g/mol. The van der Waals surface area contributed by atoms with Gasteiger partial charge in [0.2, 0.25) is 5.91 Å². The van der Waals surface area contributed by atoms with Crippen LogP contribution in [0.15, 0.2) is 35.3 Å². The molecular formula is C24H33N3O3. The molecule has 1 fully saturated rings. The molecule has 0 aliphatic carbocycles. The summed E-state index contributed by atoms with van der Waals surface area (Å²) in [6.07, 6.45) is 12.1. The van der Waals surface area contributed by atoms with Crippen LogP contribution in [0.2, 0.25) is 0 Å². The fourth-order valence-electron chi connectivity index (χ4n) is 4.31. The maximum atomic E-state index is 12.9. The third-order valence-corrected chi connectivity index (χ3v) is 6.08. The molecule has 1 amide bonds. The topological polar surface area (TPSA) is 73.1 Å². The first-order valence-corrected chi connectivity index (χ1v) is 11.1. The number of imidazole rings is 1. The highest BCUT2D eigenvalue weighted by Crippen LogP contribution is 2.26. The number of fused-ring (bicyclic) bond motifs is 1. The number of piperidine rings is 1. The Morgan fingerprint density at radius 3 is 2.47 bits per heavy atom. The fraction of sp³-hybridized carbons (Fsp3) is 0.542. The van der Waals surface area contributed by atoms with E-state index in [0.717, 1.165) is 43.0 Å². The van der Waals surface area contributed by atoms with E-state index in [-0.39, 0.29) is 11.6 Å². The lowest BCUT2D eigenvalue weighted by molar-refractivity contribution is -0.124. The van der Waals surface area contributed by atoms with Gasteiger partial charge in [-0.3, -0.25) is 13.9 Å². The average molecular weight is 412 g/mol. The predicted molar refractivity (Wildman–Crippen MR) is 119 cm³/mol. The SMILES string of the molecule is C=C1CCC(n2c(=O)n(C)c3cc(CCCCCCCCCC=O)ccc32)C(=O)N1. The standard InChI is InChI=1S/C24H33N3O3/c1-18-12-14-21(23(29)25-18)27-20-15-13-19(17-22(20)26(2)24(27)30)11-9-7-5-3-4-6-8-10-16-28/h13,15-17,21H,1,3-12,14H2,2H3,(H,25,29). The molecule has 0 saturated carbocycles. The van der Waals surface area contributed by atoms with Crippen molar-refractivity contribution in [2.24, 2.45) is 7.05 Å². The van der Waals surface area contributed by atoms with E-state index in [1.54, 1.807) is 16.2 Å². The van der Waals surface area contributed by atoms with E-state index < -0.39 is 6.04 Å². The number of carbonyl (C=O) groups is 2. The van der Waals surface area contributed by atoms with Gasteiger partial charge in [-0.05, 0) is 49.8 Å². The van der Waals surface area contributed by atoms with Gasteiger partial charge in [0.25, 0.3) is 0 Å². The van der Waals surface area contributed by atoms with Crippen molar-refractivity contribution in [1.29, 1.82) is 0 Å². The number of nitrogens with one attached hydrogen (secondary N) is 1. The Kier molecular flexibility index (Phi) is 7.66. The van der Waals surface area contributed by atoms with Crippen LogP contribution in [-0.4, -0.2) is 21.3 Å². The number of carbonyl (C=O) groups excluding carboxylic acids is 2. The summed E-state index contributed by atoms with van der Waals surface area (Å²) in [4.78, 5) is 35.6. The number of allylic oxidation sites excluding steroid dienone is 1. The number of aldehydes is 1. The van der Waals surface area contributed by atoms with Crippen molar-refractivity contribution >= 4 is 23.2 Å². The average Bonchev–Trinajstić information content (AvgIpc) is 2.97. The summed E-state index contributed by atoms with van der Waals surface area (Å²) in [6, 6.07) is 5.67. The van der Waals surface area contributed by atoms with Gasteiger partial charge >= 0.3 is 5.69 Å². The molecule has 6 heteroatoms. The molecule has 1 unspecified atom stereocenters. The van der Waals surface area contributed by atoms with Gasteiger partial charge in [-0.2, -0.15) is 0 Å². The number of hydrogen-bond donors (Lipinski definition) is 1. The molecule has 0 spiro atoms. The first-order valence-electron chi connectivity index (χ1n) is 11.1. The normalized spacial score (nSPS) is 16.8. The fourth-order valence-corrected chi connectivity index (χ4v) is 4.31. The summed E-state index contributed by atoms with van der Waals surface area (Å²) in [5.74, 6) is -0.156. The molecule has 1 aliphatic heterocycles. The molecule has 1 N–H and O–H groups in total. The molecule has 6 nitrogen and oxygen atoms in total. The Balaban J connectivity index is 1.60. The highest BCUT2D eigenvalue weighted by atomic mass is 16.2. The first kappa shape index (κ1) is 22.1. The van der Waals surface area contributed by atoms with Crippen molar-refractivity contribution in [3.63, 3.8) is 0 Å². The summed E-state index contributed by atoms with van der Waals surface area (Å²) in [5, 5.41) is 2.78. The molecular weight excluding hydrogens is 378 g/mol. The lowest BCUT2D eigenvalue weighted by Gasteiger charge is -2.24. The zero-order valence-corrected chi connectivity index (χ0v) is 18.0. The lowest BCUT2D eigenvalue weighted by atomic mass is 10.0. The van der Waals surface area contributed by atoms with Gasteiger partial charge in [0.1, 0.15) is 12.3 Å². The van der Waals surface area contributed by atoms with Crippen molar-refractivity contribution in [3.8, 4) is 0 Å². The van der Waals surface area contributed by atoms with E-state index in [4.69, 9.17) is 0 Å². The van der Waals surface area contributed by atoms with Gasteiger partial charge < -0.3 is 10.1 Å². The van der Waals surface area contributed by atoms with E-state index in [1.165, 1.54) is 31.2 Å². The number of aryl methyl sites for hydroxylation is 2. The summed E-state index contributed by atoms with van der Waals surface area (Å²) >= 11 is 0. The summed E-state index contributed by atoms with van der Waals surface area (Å²) < 4.78 is 3.28. The zero-order valence-electron chi connectivity index (χ0n) is 18.0. The van der Waals surface area contributed by atoms with Crippen molar-refractivity contribution in [3.05, 3.63) is 46.5 Å². The summed E-state index contributed by atoms with van der Waals surface area (Å²) in [7, 11) is 1.77. The van der Waals surface area contributed by atoms with Crippen LogP contribution in [0.4, 0.5) is 0 Å². The molecule has 0 radical (unpaired) electrons. The summed E-state index contributed by atoms with van der Waals surface area (Å²) in [6.45, 7) is 3.82. The van der Waals surface area contributed by atoms with Crippen molar-refractivity contribution in [2.75, 3.05) is 0 Å². The molecule has 1 saturated heterocycles. The van der Waals surface area contributed by atoms with Crippen LogP contribution in [0.3, 0.4) is 0 Å². The minimum absolute atomic E-state index is 0.149. The van der Waals surface area contributed by atoms with Crippen LogP contribution in [-0.2, 0) is 23.1 Å². The molecule has 2 aromatic rings. The van der Waals surface area contributed by atoms with E-state index in [0.29, 0.717) is 25.0 Å². The minimum atomic E-state index is -0.482. The Hall–Kier alpha value is -2.63. The van der Waals surface area contributed by atoms with Crippen LogP contribution in [0.25, 0.3) is 11.0 Å². The Morgan fingerprint density at radius 1 is 1.07 bits per heavy atom. The number of hydrogen-bond acceptors (Lipinski definition) is 3.